The van der Waals surface area contributed by atoms with E-state index in [4.69, 9.17) is 12.2 Å². The highest BCUT2D eigenvalue weighted by molar-refractivity contribution is 8.22. The molecule has 0 fully saturated rings. The number of thioether (sulfide) groups is 1. The molecular weight excluding hydrogens is 454 g/mol. The van der Waals surface area contributed by atoms with Crippen LogP contribution < -0.4 is 0 Å². The summed E-state index contributed by atoms with van der Waals surface area (Å²) < 4.78 is 1.03. The molecule has 0 aliphatic rings. The molecule has 0 bridgehead atoms. The monoisotopic (exact) mass is 507 g/mol. The Morgan fingerprint density at radius 1 is 0.853 bits per heavy atom. The van der Waals surface area contributed by atoms with Crippen molar-refractivity contribution in [2.75, 3.05) is 13.1 Å². The van der Waals surface area contributed by atoms with Gasteiger partial charge in [0.15, 0.2) is 0 Å². The van der Waals surface area contributed by atoms with E-state index in [0.29, 0.717) is 5.75 Å². The molecule has 0 saturated heterocycles. The minimum atomic E-state index is -0.0639. The quantitative estimate of drug-likeness (QED) is 0.178. The number of aryl methyl sites for hydroxylation is 1. The van der Waals surface area contributed by atoms with Crippen LogP contribution in [0, 0.1) is 13.8 Å². The zero-order chi connectivity index (χ0) is 25.6. The molecule has 34 heavy (non-hydrogen) atoms. The average Bonchev–Trinajstić information content (AvgIpc) is 2.78. The number of hydrogen-bond acceptors (Lipinski definition) is 3. The standard InChI is InChI=1S/C30H53NOS2/c1-8-10-12-14-16-18-20-31(21-19-17-15-13-11-9-2)29(33)34-23-26-24(3)22-27(30(5,6)7)28(32)25(26)4/h22,32H,8-21,23H2,1-7H3. The zero-order valence-electron chi connectivity index (χ0n) is 23.4. The smallest absolute Gasteiger partial charge is 0.136 e. The maximum atomic E-state index is 10.9. The van der Waals surface area contributed by atoms with Crippen molar-refractivity contribution in [2.45, 2.75) is 137 Å². The molecule has 1 N–H and O–H groups in total. The molecule has 0 unspecified atom stereocenters. The van der Waals surface area contributed by atoms with Gasteiger partial charge in [-0.15, -0.1) is 0 Å². The van der Waals surface area contributed by atoms with Gasteiger partial charge in [-0.25, -0.2) is 0 Å². The van der Waals surface area contributed by atoms with Crippen molar-refractivity contribution in [1.82, 2.24) is 4.90 Å². The van der Waals surface area contributed by atoms with Crippen LogP contribution in [-0.4, -0.2) is 27.4 Å². The maximum absolute atomic E-state index is 10.9. The van der Waals surface area contributed by atoms with Gasteiger partial charge in [0.25, 0.3) is 0 Å². The highest BCUT2D eigenvalue weighted by atomic mass is 32.2. The van der Waals surface area contributed by atoms with Crippen molar-refractivity contribution in [3.05, 3.63) is 28.3 Å². The Kier molecular flexibility index (Phi) is 15.5. The third-order valence-electron chi connectivity index (χ3n) is 6.87. The van der Waals surface area contributed by atoms with E-state index in [0.717, 1.165) is 34.3 Å². The molecule has 4 heteroatoms. The summed E-state index contributed by atoms with van der Waals surface area (Å²) >= 11 is 7.72. The van der Waals surface area contributed by atoms with Crippen LogP contribution in [0.4, 0.5) is 0 Å². The topological polar surface area (TPSA) is 23.5 Å². The van der Waals surface area contributed by atoms with Gasteiger partial charge in [-0.3, -0.25) is 0 Å². The van der Waals surface area contributed by atoms with Gasteiger partial charge in [-0.05, 0) is 54.4 Å². The minimum absolute atomic E-state index is 0.0639. The molecule has 0 aromatic heterocycles. The number of thiocarbonyl (C=S) groups is 1. The molecule has 1 aromatic carbocycles. The van der Waals surface area contributed by atoms with Crippen LogP contribution in [0.15, 0.2) is 6.07 Å². The summed E-state index contributed by atoms with van der Waals surface area (Å²) in [6.45, 7) is 17.4. The van der Waals surface area contributed by atoms with Gasteiger partial charge in [0.1, 0.15) is 10.1 Å². The van der Waals surface area contributed by atoms with Gasteiger partial charge in [-0.1, -0.05) is 129 Å². The summed E-state index contributed by atoms with van der Waals surface area (Å²) in [6, 6.07) is 2.17. The summed E-state index contributed by atoms with van der Waals surface area (Å²) in [4.78, 5) is 2.47. The maximum Gasteiger partial charge on any atom is 0.136 e. The Hall–Kier alpha value is -0.740. The van der Waals surface area contributed by atoms with Crippen LogP contribution in [0.5, 0.6) is 5.75 Å². The van der Waals surface area contributed by atoms with Crippen molar-refractivity contribution < 1.29 is 5.11 Å². The minimum Gasteiger partial charge on any atom is -0.507 e. The molecular formula is C30H53NOS2. The summed E-state index contributed by atoms with van der Waals surface area (Å²) in [6.07, 6.45) is 15.8. The molecule has 1 rings (SSSR count). The van der Waals surface area contributed by atoms with E-state index in [1.165, 1.54) is 88.2 Å². The molecule has 0 atom stereocenters. The number of unbranched alkanes of at least 4 members (excludes halogenated alkanes) is 10. The SMILES string of the molecule is CCCCCCCCN(CCCCCCCC)C(=S)SCc1c(C)cc(C(C)(C)C)c(O)c1C. The Labute approximate surface area is 221 Å². The van der Waals surface area contributed by atoms with Crippen LogP contribution in [-0.2, 0) is 11.2 Å². The highest BCUT2D eigenvalue weighted by Gasteiger charge is 2.22. The first-order valence-corrected chi connectivity index (χ1v) is 15.3. The molecule has 196 valence electrons. The first-order chi connectivity index (χ1) is 16.1. The fraction of sp³-hybridized carbons (Fsp3) is 0.767. The fourth-order valence-electron chi connectivity index (χ4n) is 4.49. The van der Waals surface area contributed by atoms with Gasteiger partial charge in [0.05, 0.1) is 0 Å². The van der Waals surface area contributed by atoms with Crippen molar-refractivity contribution in [2.24, 2.45) is 0 Å². The van der Waals surface area contributed by atoms with E-state index in [1.54, 1.807) is 11.8 Å². The van der Waals surface area contributed by atoms with Crippen molar-refractivity contribution >= 4 is 28.3 Å². The number of benzene rings is 1. The summed E-state index contributed by atoms with van der Waals surface area (Å²) in [5, 5.41) is 10.9. The normalized spacial score (nSPS) is 11.7. The largest absolute Gasteiger partial charge is 0.507 e. The molecule has 0 amide bonds. The van der Waals surface area contributed by atoms with Gasteiger partial charge < -0.3 is 10.0 Å². The van der Waals surface area contributed by atoms with Crippen molar-refractivity contribution in [3.63, 3.8) is 0 Å². The number of aromatic hydroxyl groups is 1. The predicted octanol–water partition coefficient (Wildman–Crippen LogP) is 9.85. The van der Waals surface area contributed by atoms with Gasteiger partial charge >= 0.3 is 0 Å². The Morgan fingerprint density at radius 2 is 1.32 bits per heavy atom. The third-order valence-corrected chi connectivity index (χ3v) is 8.42. The van der Waals surface area contributed by atoms with Crippen LogP contribution in [0.1, 0.15) is 134 Å². The number of nitrogens with zero attached hydrogens (tertiary/aromatic N) is 1. The van der Waals surface area contributed by atoms with Gasteiger partial charge in [0.2, 0.25) is 0 Å². The van der Waals surface area contributed by atoms with Crippen LogP contribution in [0.25, 0.3) is 0 Å². The molecule has 1 aromatic rings. The van der Waals surface area contributed by atoms with E-state index in [-0.39, 0.29) is 5.41 Å². The molecule has 0 saturated carbocycles. The summed E-state index contributed by atoms with van der Waals surface area (Å²) in [7, 11) is 0. The molecule has 0 heterocycles. The molecule has 0 aliphatic carbocycles. The first-order valence-electron chi connectivity index (χ1n) is 13.9. The predicted molar refractivity (Wildman–Crippen MR) is 158 cm³/mol. The lowest BCUT2D eigenvalue weighted by Gasteiger charge is -2.26. The van der Waals surface area contributed by atoms with Crippen LogP contribution >= 0.6 is 24.0 Å². The second-order valence-electron chi connectivity index (χ2n) is 11.0. The summed E-state index contributed by atoms with van der Waals surface area (Å²) in [5.41, 5.74) is 4.47. The van der Waals surface area contributed by atoms with E-state index in [9.17, 15) is 5.11 Å². The lowest BCUT2D eigenvalue weighted by Crippen LogP contribution is -2.30. The first kappa shape index (κ1) is 31.3. The second-order valence-corrected chi connectivity index (χ2v) is 12.6. The third kappa shape index (κ3) is 11.3. The Bertz CT molecular complexity index is 707. The number of phenols is 1. The van der Waals surface area contributed by atoms with Crippen molar-refractivity contribution in [3.8, 4) is 5.75 Å². The van der Waals surface area contributed by atoms with E-state index >= 15 is 0 Å². The van der Waals surface area contributed by atoms with Crippen molar-refractivity contribution in [1.29, 1.82) is 0 Å². The van der Waals surface area contributed by atoms with Crippen LogP contribution in [0.2, 0.25) is 0 Å². The highest BCUT2D eigenvalue weighted by Crippen LogP contribution is 2.37. The molecule has 0 radical (unpaired) electrons. The molecule has 2 nitrogen and oxygen atoms in total. The lowest BCUT2D eigenvalue weighted by molar-refractivity contribution is 0.395. The Morgan fingerprint density at radius 3 is 1.79 bits per heavy atom. The number of hydrogen-bond donors (Lipinski definition) is 1. The van der Waals surface area contributed by atoms with Crippen LogP contribution in [0.3, 0.4) is 0 Å². The van der Waals surface area contributed by atoms with E-state index in [1.807, 2.05) is 0 Å². The second kappa shape index (κ2) is 16.8. The Balaban J connectivity index is 2.73. The zero-order valence-corrected chi connectivity index (χ0v) is 25.0. The van der Waals surface area contributed by atoms with E-state index < -0.39 is 0 Å². The molecule has 0 aliphatic heterocycles. The summed E-state index contributed by atoms with van der Waals surface area (Å²) in [5.74, 6) is 1.29. The lowest BCUT2D eigenvalue weighted by atomic mass is 9.83. The average molecular weight is 508 g/mol. The molecule has 0 spiro atoms. The number of phenolic OH excluding ortho intramolecular Hbond substituents is 1. The van der Waals surface area contributed by atoms with Gasteiger partial charge in [0, 0.05) is 18.8 Å². The fourth-order valence-corrected chi connectivity index (χ4v) is 5.93. The van der Waals surface area contributed by atoms with E-state index in [2.05, 4.69) is 59.4 Å². The number of rotatable bonds is 16. The van der Waals surface area contributed by atoms with Gasteiger partial charge in [-0.2, -0.15) is 0 Å².